The SMILES string of the molecule is [CH2+]C1(C)OB(c2ccc(C#N)c(F)c2)OC1(C)C. The van der Waals surface area contributed by atoms with Crippen molar-refractivity contribution in [2.75, 3.05) is 0 Å². The Labute approximate surface area is 107 Å². The van der Waals surface area contributed by atoms with Gasteiger partial charge in [-0.05, 0) is 31.4 Å². The van der Waals surface area contributed by atoms with E-state index < -0.39 is 24.1 Å². The fourth-order valence-electron chi connectivity index (χ4n) is 1.70. The summed E-state index contributed by atoms with van der Waals surface area (Å²) in [6, 6.07) is 6.09. The molecule has 2 rings (SSSR count). The second-order valence-electron chi connectivity index (χ2n) is 5.16. The molecule has 92 valence electrons. The van der Waals surface area contributed by atoms with Gasteiger partial charge in [-0.15, -0.1) is 0 Å². The molecule has 1 unspecified atom stereocenters. The van der Waals surface area contributed by atoms with Crippen LogP contribution in [0.15, 0.2) is 18.2 Å². The molecule has 3 nitrogen and oxygen atoms in total. The Morgan fingerprint density at radius 1 is 1.33 bits per heavy atom. The number of benzene rings is 1. The maximum atomic E-state index is 13.5. The normalized spacial score (nSPS) is 26.1. The van der Waals surface area contributed by atoms with E-state index in [1.54, 1.807) is 12.1 Å². The molecule has 1 atom stereocenters. The summed E-state index contributed by atoms with van der Waals surface area (Å²) in [5, 5.41) is 8.68. The fourth-order valence-corrected chi connectivity index (χ4v) is 1.70. The zero-order chi connectivity index (χ0) is 13.6. The molecule has 0 amide bonds. The predicted octanol–water partition coefficient (Wildman–Crippen LogP) is 1.81. The van der Waals surface area contributed by atoms with Gasteiger partial charge in [-0.3, -0.25) is 0 Å². The van der Waals surface area contributed by atoms with Crippen LogP contribution >= 0.6 is 0 Å². The van der Waals surface area contributed by atoms with Gasteiger partial charge in [0.1, 0.15) is 17.5 Å². The van der Waals surface area contributed by atoms with Crippen LogP contribution in [0.25, 0.3) is 0 Å². The monoisotopic (exact) mass is 246 g/mol. The van der Waals surface area contributed by atoms with Crippen molar-refractivity contribution in [3.05, 3.63) is 36.5 Å². The largest absolute Gasteiger partial charge is 0.498 e. The van der Waals surface area contributed by atoms with Crippen LogP contribution in [0.3, 0.4) is 0 Å². The van der Waals surface area contributed by atoms with Crippen molar-refractivity contribution in [3.8, 4) is 6.07 Å². The molecule has 1 heterocycles. The highest BCUT2D eigenvalue weighted by Gasteiger charge is 2.57. The number of nitrogens with zero attached hydrogens (tertiary/aromatic N) is 1. The molecule has 18 heavy (non-hydrogen) atoms. The first-order valence-corrected chi connectivity index (χ1v) is 5.67. The van der Waals surface area contributed by atoms with Gasteiger partial charge in [-0.25, -0.2) is 4.39 Å². The van der Waals surface area contributed by atoms with Gasteiger partial charge in [-0.1, -0.05) is 6.07 Å². The summed E-state index contributed by atoms with van der Waals surface area (Å²) < 4.78 is 25.0. The van der Waals surface area contributed by atoms with Crippen molar-refractivity contribution in [3.63, 3.8) is 0 Å². The first-order chi connectivity index (χ1) is 8.27. The van der Waals surface area contributed by atoms with Crippen molar-refractivity contribution in [1.82, 2.24) is 0 Å². The van der Waals surface area contributed by atoms with Crippen molar-refractivity contribution < 1.29 is 13.7 Å². The third-order valence-corrected chi connectivity index (χ3v) is 3.43. The van der Waals surface area contributed by atoms with Gasteiger partial charge in [0.05, 0.1) is 12.5 Å². The minimum absolute atomic E-state index is 0.00777. The van der Waals surface area contributed by atoms with Crippen molar-refractivity contribution >= 4 is 12.6 Å². The Morgan fingerprint density at radius 3 is 2.44 bits per heavy atom. The molecule has 0 bridgehead atoms. The second kappa shape index (κ2) is 4.01. The molecule has 0 N–H and O–H groups in total. The number of nitriles is 1. The summed E-state index contributed by atoms with van der Waals surface area (Å²) in [5.74, 6) is -0.572. The summed E-state index contributed by atoms with van der Waals surface area (Å²) in [6.07, 6.45) is 0. The number of rotatable bonds is 1. The molecule has 1 aromatic carbocycles. The summed E-state index contributed by atoms with van der Waals surface area (Å²) >= 11 is 0. The summed E-state index contributed by atoms with van der Waals surface area (Å²) in [4.78, 5) is 0. The second-order valence-corrected chi connectivity index (χ2v) is 5.16. The average molecular weight is 246 g/mol. The molecule has 0 aliphatic carbocycles. The van der Waals surface area contributed by atoms with Gasteiger partial charge < -0.3 is 9.31 Å². The van der Waals surface area contributed by atoms with E-state index in [4.69, 9.17) is 14.6 Å². The highest BCUT2D eigenvalue weighted by molar-refractivity contribution is 6.62. The first kappa shape index (κ1) is 12.9. The molecule has 1 aliphatic rings. The van der Waals surface area contributed by atoms with Crippen LogP contribution in [0.2, 0.25) is 0 Å². The molecule has 1 fully saturated rings. The highest BCUT2D eigenvalue weighted by Crippen LogP contribution is 2.36. The molecule has 1 aromatic rings. The van der Waals surface area contributed by atoms with Crippen LogP contribution in [0.5, 0.6) is 0 Å². The predicted molar refractivity (Wildman–Crippen MR) is 66.5 cm³/mol. The van der Waals surface area contributed by atoms with Crippen molar-refractivity contribution in [2.24, 2.45) is 0 Å². The number of hydrogen-bond donors (Lipinski definition) is 0. The lowest BCUT2D eigenvalue weighted by Gasteiger charge is -2.25. The Kier molecular flexibility index (Phi) is 2.88. The maximum absolute atomic E-state index is 13.5. The first-order valence-electron chi connectivity index (χ1n) is 5.67. The van der Waals surface area contributed by atoms with E-state index in [9.17, 15) is 4.39 Å². The third-order valence-electron chi connectivity index (χ3n) is 3.43. The van der Waals surface area contributed by atoms with Gasteiger partial charge in [0.2, 0.25) is 5.60 Å². The summed E-state index contributed by atoms with van der Waals surface area (Å²) in [7, 11) is -0.662. The van der Waals surface area contributed by atoms with E-state index in [0.29, 0.717) is 5.46 Å². The smallest absolute Gasteiger partial charge is 0.395 e. The van der Waals surface area contributed by atoms with E-state index in [1.807, 2.05) is 20.8 Å². The van der Waals surface area contributed by atoms with Gasteiger partial charge in [0.15, 0.2) is 0 Å². The average Bonchev–Trinajstić information content (AvgIpc) is 2.48. The van der Waals surface area contributed by atoms with E-state index in [1.165, 1.54) is 12.1 Å². The van der Waals surface area contributed by atoms with Gasteiger partial charge in [-0.2, -0.15) is 5.26 Å². The van der Waals surface area contributed by atoms with Crippen molar-refractivity contribution in [2.45, 2.75) is 32.0 Å². The molecule has 0 spiro atoms. The van der Waals surface area contributed by atoms with Crippen LogP contribution in [0, 0.1) is 24.1 Å². The quantitative estimate of drug-likeness (QED) is 0.560. The van der Waals surface area contributed by atoms with Crippen LogP contribution in [-0.2, 0) is 9.31 Å². The molecular formula is C13H14BFNO2+. The van der Waals surface area contributed by atoms with Gasteiger partial charge in [0, 0.05) is 6.92 Å². The van der Waals surface area contributed by atoms with Crippen LogP contribution in [0.1, 0.15) is 26.3 Å². The third kappa shape index (κ3) is 1.98. The van der Waals surface area contributed by atoms with E-state index in [2.05, 4.69) is 6.92 Å². The Hall–Kier alpha value is -1.51. The van der Waals surface area contributed by atoms with Crippen LogP contribution in [-0.4, -0.2) is 18.3 Å². The standard InChI is InChI=1S/C13H14BFNO2/c1-12(2)13(3,4)18-14(17-12)10-6-5-9(8-16)11(15)7-10/h5-7H,1H2,2-4H3/q+1. The zero-order valence-corrected chi connectivity index (χ0v) is 10.7. The lowest BCUT2D eigenvalue weighted by molar-refractivity contribution is 0.0262. The molecule has 1 saturated heterocycles. The zero-order valence-electron chi connectivity index (χ0n) is 10.7. The van der Waals surface area contributed by atoms with Gasteiger partial charge in [0.25, 0.3) is 0 Å². The Morgan fingerprint density at radius 2 is 2.00 bits per heavy atom. The molecule has 0 radical (unpaired) electrons. The Bertz CT molecular complexity index is 506. The minimum Gasteiger partial charge on any atom is -0.395 e. The van der Waals surface area contributed by atoms with E-state index in [-0.39, 0.29) is 5.56 Å². The molecule has 1 aliphatic heterocycles. The fraction of sp³-hybridized carbons (Fsp3) is 0.385. The van der Waals surface area contributed by atoms with E-state index in [0.717, 1.165) is 0 Å². The van der Waals surface area contributed by atoms with Crippen LogP contribution < -0.4 is 5.46 Å². The molecule has 0 saturated carbocycles. The summed E-state index contributed by atoms with van der Waals surface area (Å²) in [6.45, 7) is 9.54. The highest BCUT2D eigenvalue weighted by atomic mass is 19.1. The molecule has 0 aromatic heterocycles. The Balaban J connectivity index is 2.31. The maximum Gasteiger partial charge on any atom is 0.498 e. The minimum atomic E-state index is -0.706. The number of halogens is 1. The lowest BCUT2D eigenvalue weighted by atomic mass is 9.79. The lowest BCUT2D eigenvalue weighted by Crippen LogP contribution is -2.42. The summed E-state index contributed by atoms with van der Waals surface area (Å²) in [5.41, 5.74) is -0.718. The van der Waals surface area contributed by atoms with Gasteiger partial charge >= 0.3 is 7.12 Å². The van der Waals surface area contributed by atoms with Crippen LogP contribution in [0.4, 0.5) is 4.39 Å². The van der Waals surface area contributed by atoms with Crippen molar-refractivity contribution in [1.29, 1.82) is 5.26 Å². The molecular weight excluding hydrogens is 232 g/mol. The topological polar surface area (TPSA) is 42.2 Å². The van der Waals surface area contributed by atoms with E-state index >= 15 is 0 Å². The number of hydrogen-bond acceptors (Lipinski definition) is 3. The molecule has 5 heteroatoms.